The first-order valence-electron chi connectivity index (χ1n) is 11.6. The average molecular weight is 391 g/mol. The minimum absolute atomic E-state index is 0.260. The summed E-state index contributed by atoms with van der Waals surface area (Å²) in [5, 5.41) is 0. The smallest absolute Gasteiger partial charge is 0.341 e. The van der Waals surface area contributed by atoms with Gasteiger partial charge < -0.3 is 9.47 Å². The van der Waals surface area contributed by atoms with Gasteiger partial charge in [0.2, 0.25) is 0 Å². The largest absolute Gasteiger partial charge is 0.492 e. The molecule has 0 aliphatic carbocycles. The molecule has 3 heteroatoms. The molecule has 0 atom stereocenters. The van der Waals surface area contributed by atoms with Crippen molar-refractivity contribution in [3.8, 4) is 5.75 Å². The topological polar surface area (TPSA) is 35.5 Å². The lowest BCUT2D eigenvalue weighted by Gasteiger charge is -2.17. The van der Waals surface area contributed by atoms with Crippen LogP contribution in [0.2, 0.25) is 0 Å². The van der Waals surface area contributed by atoms with E-state index in [4.69, 9.17) is 9.47 Å². The third-order valence-electron chi connectivity index (χ3n) is 5.02. The second-order valence-electron chi connectivity index (χ2n) is 7.68. The molecule has 1 rings (SSSR count). The van der Waals surface area contributed by atoms with Crippen LogP contribution in [0.4, 0.5) is 0 Å². The van der Waals surface area contributed by atoms with Gasteiger partial charge in [0.1, 0.15) is 11.3 Å². The lowest BCUT2D eigenvalue weighted by atomic mass is 9.98. The van der Waals surface area contributed by atoms with Crippen molar-refractivity contribution in [1.82, 2.24) is 0 Å². The predicted octanol–water partition coefficient (Wildman–Crippen LogP) is 7.29. The van der Waals surface area contributed by atoms with Crippen molar-refractivity contribution in [3.05, 3.63) is 28.8 Å². The van der Waals surface area contributed by atoms with E-state index in [0.29, 0.717) is 18.8 Å². The third kappa shape index (κ3) is 9.12. The SMILES string of the molecule is CCCCCCCCCCOc1c(CCC)cc(CCC)cc1C(=O)OCC. The molecule has 0 unspecified atom stereocenters. The first kappa shape index (κ1) is 24.5. The van der Waals surface area contributed by atoms with Gasteiger partial charge in [0.25, 0.3) is 0 Å². The molecule has 0 aliphatic rings. The van der Waals surface area contributed by atoms with E-state index in [0.717, 1.165) is 43.4 Å². The van der Waals surface area contributed by atoms with Crippen LogP contribution in [0.1, 0.15) is 113 Å². The quantitative estimate of drug-likeness (QED) is 0.220. The summed E-state index contributed by atoms with van der Waals surface area (Å²) in [5.74, 6) is 0.492. The van der Waals surface area contributed by atoms with Crippen LogP contribution >= 0.6 is 0 Å². The number of aryl methyl sites for hydroxylation is 2. The fourth-order valence-electron chi connectivity index (χ4n) is 3.58. The molecule has 0 saturated carbocycles. The van der Waals surface area contributed by atoms with Gasteiger partial charge in [0.05, 0.1) is 13.2 Å². The van der Waals surface area contributed by atoms with Crippen molar-refractivity contribution in [1.29, 1.82) is 0 Å². The molecule has 28 heavy (non-hydrogen) atoms. The normalized spacial score (nSPS) is 10.9. The van der Waals surface area contributed by atoms with Crippen molar-refractivity contribution in [2.45, 2.75) is 105 Å². The van der Waals surface area contributed by atoms with Crippen LogP contribution in [-0.4, -0.2) is 19.2 Å². The Bertz CT molecular complexity index is 551. The van der Waals surface area contributed by atoms with Crippen LogP contribution in [0.3, 0.4) is 0 Å². The van der Waals surface area contributed by atoms with Gasteiger partial charge in [-0.05, 0) is 43.4 Å². The Balaban J connectivity index is 2.71. The molecular formula is C25H42O3. The highest BCUT2D eigenvalue weighted by Crippen LogP contribution is 2.29. The van der Waals surface area contributed by atoms with Gasteiger partial charge in [-0.25, -0.2) is 4.79 Å². The summed E-state index contributed by atoms with van der Waals surface area (Å²) >= 11 is 0. The van der Waals surface area contributed by atoms with Crippen LogP contribution in [0, 0.1) is 0 Å². The zero-order chi connectivity index (χ0) is 20.6. The van der Waals surface area contributed by atoms with Gasteiger partial charge in [-0.2, -0.15) is 0 Å². The molecule has 0 N–H and O–H groups in total. The van der Waals surface area contributed by atoms with Crippen molar-refractivity contribution < 1.29 is 14.3 Å². The Hall–Kier alpha value is -1.51. The molecular weight excluding hydrogens is 348 g/mol. The lowest BCUT2D eigenvalue weighted by Crippen LogP contribution is -2.12. The van der Waals surface area contributed by atoms with E-state index in [-0.39, 0.29) is 5.97 Å². The van der Waals surface area contributed by atoms with Crippen molar-refractivity contribution >= 4 is 5.97 Å². The summed E-state index contributed by atoms with van der Waals surface area (Å²) in [7, 11) is 0. The van der Waals surface area contributed by atoms with E-state index in [1.165, 1.54) is 50.5 Å². The Morgan fingerprint density at radius 3 is 2.04 bits per heavy atom. The molecule has 0 heterocycles. The maximum absolute atomic E-state index is 12.5. The summed E-state index contributed by atoms with van der Waals surface area (Å²) in [6, 6.07) is 4.20. The van der Waals surface area contributed by atoms with Gasteiger partial charge >= 0.3 is 5.97 Å². The first-order chi connectivity index (χ1) is 13.7. The summed E-state index contributed by atoms with van der Waals surface area (Å²) in [4.78, 5) is 12.5. The Morgan fingerprint density at radius 1 is 0.786 bits per heavy atom. The molecule has 0 amide bonds. The number of ether oxygens (including phenoxy) is 2. The van der Waals surface area contributed by atoms with Gasteiger partial charge in [-0.1, -0.05) is 84.6 Å². The Kier molecular flexibility index (Phi) is 13.5. The number of unbranched alkanes of at least 4 members (excludes halogenated alkanes) is 7. The van der Waals surface area contributed by atoms with E-state index in [1.54, 1.807) is 0 Å². The monoisotopic (exact) mass is 390 g/mol. The van der Waals surface area contributed by atoms with Crippen LogP contribution in [0.15, 0.2) is 12.1 Å². The van der Waals surface area contributed by atoms with E-state index in [1.807, 2.05) is 13.0 Å². The molecule has 0 spiro atoms. The minimum atomic E-state index is -0.260. The van der Waals surface area contributed by atoms with Crippen LogP contribution in [0.25, 0.3) is 0 Å². The number of benzene rings is 1. The molecule has 0 aliphatic heterocycles. The van der Waals surface area contributed by atoms with E-state index >= 15 is 0 Å². The second kappa shape index (κ2) is 15.4. The molecule has 3 nitrogen and oxygen atoms in total. The van der Waals surface area contributed by atoms with E-state index in [2.05, 4.69) is 26.8 Å². The summed E-state index contributed by atoms with van der Waals surface area (Å²) in [5.41, 5.74) is 2.96. The molecule has 0 radical (unpaired) electrons. The molecule has 0 aromatic heterocycles. The maximum atomic E-state index is 12.5. The highest BCUT2D eigenvalue weighted by atomic mass is 16.5. The molecule has 0 saturated heterocycles. The Morgan fingerprint density at radius 2 is 1.43 bits per heavy atom. The summed E-state index contributed by atoms with van der Waals surface area (Å²) in [6.07, 6.45) is 14.2. The predicted molar refractivity (Wildman–Crippen MR) is 118 cm³/mol. The zero-order valence-electron chi connectivity index (χ0n) is 18.8. The second-order valence-corrected chi connectivity index (χ2v) is 7.68. The molecule has 1 aromatic carbocycles. The number of hydrogen-bond acceptors (Lipinski definition) is 3. The fraction of sp³-hybridized carbons (Fsp3) is 0.720. The number of hydrogen-bond donors (Lipinski definition) is 0. The third-order valence-corrected chi connectivity index (χ3v) is 5.02. The highest BCUT2D eigenvalue weighted by molar-refractivity contribution is 5.93. The highest BCUT2D eigenvalue weighted by Gasteiger charge is 2.19. The van der Waals surface area contributed by atoms with Crippen molar-refractivity contribution in [3.63, 3.8) is 0 Å². The summed E-state index contributed by atoms with van der Waals surface area (Å²) < 4.78 is 11.5. The van der Waals surface area contributed by atoms with Crippen LogP contribution in [-0.2, 0) is 17.6 Å². The number of rotatable bonds is 16. The number of carbonyl (C=O) groups is 1. The Labute approximate surface area is 173 Å². The molecule has 0 bridgehead atoms. The van der Waals surface area contributed by atoms with Crippen LogP contribution < -0.4 is 4.74 Å². The number of carbonyl (C=O) groups excluding carboxylic acids is 1. The standard InChI is InChI=1S/C25H42O3/c1-5-9-10-11-12-13-14-15-18-28-24-22(17-7-3)19-21(16-6-2)20-23(24)25(26)27-8-4/h19-20H,5-18H2,1-4H3. The molecule has 1 aromatic rings. The van der Waals surface area contributed by atoms with Crippen LogP contribution in [0.5, 0.6) is 5.75 Å². The summed E-state index contributed by atoms with van der Waals surface area (Å²) in [6.45, 7) is 9.49. The van der Waals surface area contributed by atoms with Crippen molar-refractivity contribution in [2.75, 3.05) is 13.2 Å². The van der Waals surface area contributed by atoms with Gasteiger partial charge in [0, 0.05) is 0 Å². The average Bonchev–Trinajstić information content (AvgIpc) is 2.68. The maximum Gasteiger partial charge on any atom is 0.341 e. The minimum Gasteiger partial charge on any atom is -0.492 e. The van der Waals surface area contributed by atoms with Gasteiger partial charge in [-0.15, -0.1) is 0 Å². The first-order valence-corrected chi connectivity index (χ1v) is 11.6. The van der Waals surface area contributed by atoms with Gasteiger partial charge in [-0.3, -0.25) is 0 Å². The van der Waals surface area contributed by atoms with E-state index < -0.39 is 0 Å². The van der Waals surface area contributed by atoms with E-state index in [9.17, 15) is 4.79 Å². The molecule has 0 fully saturated rings. The van der Waals surface area contributed by atoms with Gasteiger partial charge in [0.15, 0.2) is 0 Å². The van der Waals surface area contributed by atoms with Crippen molar-refractivity contribution in [2.24, 2.45) is 0 Å². The molecule has 160 valence electrons. The lowest BCUT2D eigenvalue weighted by molar-refractivity contribution is 0.0521. The zero-order valence-corrected chi connectivity index (χ0v) is 18.8. The fourth-order valence-corrected chi connectivity index (χ4v) is 3.58. The number of esters is 1.